The Balaban J connectivity index is 3.20. The highest BCUT2D eigenvalue weighted by atomic mass is 19.4. The van der Waals surface area contributed by atoms with Gasteiger partial charge in [0.05, 0.1) is 0 Å². The fourth-order valence-electron chi connectivity index (χ4n) is 2.27. The van der Waals surface area contributed by atoms with Gasteiger partial charge >= 0.3 is 48.9 Å². The summed E-state index contributed by atoms with van der Waals surface area (Å²) in [5.74, 6) is -12.5. The Bertz CT molecular complexity index is 821. The molecule has 0 aromatic heterocycles. The summed E-state index contributed by atoms with van der Waals surface area (Å²) in [6.45, 7) is 0.981. The number of rotatable bonds is 11. The smallest absolute Gasteiger partial charge is 0.269 e. The van der Waals surface area contributed by atoms with Crippen molar-refractivity contribution < 1.29 is 98.0 Å². The predicted octanol–water partition coefficient (Wildman–Crippen LogP) is 7.03. The normalized spacial score (nSPS) is 24.8. The zero-order valence-corrected chi connectivity index (χ0v) is 16.4. The Morgan fingerprint density at radius 1 is 0.583 bits per heavy atom. The van der Waals surface area contributed by atoms with Gasteiger partial charge in [-0.05, 0) is 6.92 Å². The molecule has 0 bridgehead atoms. The maximum absolute atomic E-state index is 14.2. The summed E-state index contributed by atoms with van der Waals surface area (Å²) in [5.41, 5.74) is 0. The maximum atomic E-state index is 14.2. The summed E-state index contributed by atoms with van der Waals surface area (Å²) in [4.78, 5) is 0. The van der Waals surface area contributed by atoms with Crippen LogP contribution in [0.1, 0.15) is 13.3 Å². The lowest BCUT2D eigenvalue weighted by Gasteiger charge is -2.49. The van der Waals surface area contributed by atoms with E-state index >= 15 is 0 Å². The van der Waals surface area contributed by atoms with Gasteiger partial charge in [-0.25, -0.2) is 27.4 Å². The van der Waals surface area contributed by atoms with Gasteiger partial charge < -0.3 is 0 Å². The molecular weight excluding hydrogens is 574 g/mol. The molecule has 1 aliphatic rings. The molecule has 1 fully saturated rings. The van der Waals surface area contributed by atoms with Gasteiger partial charge in [0.25, 0.3) is 5.85 Å². The SMILES string of the molecule is C/C=C/[C@H]1CC(F)(F)[C@@]1(F)OC(F)(F)C(F)(F)OC(F)(F)C(F)(F)OC(F)(F)C(F)(F)OC(F)(F)F. The van der Waals surface area contributed by atoms with E-state index in [1.165, 1.54) is 9.47 Å². The lowest BCUT2D eigenvalue weighted by molar-refractivity contribution is -0.583. The third kappa shape index (κ3) is 6.06. The first-order valence-corrected chi connectivity index (χ1v) is 8.33. The summed E-state index contributed by atoms with van der Waals surface area (Å²) in [6.07, 6.45) is -51.6. The fraction of sp³-hybridized carbons (Fsp3) is 0.857. The van der Waals surface area contributed by atoms with Crippen molar-refractivity contribution in [3.05, 3.63) is 12.2 Å². The molecule has 36 heavy (non-hydrogen) atoms. The first-order valence-electron chi connectivity index (χ1n) is 8.33. The van der Waals surface area contributed by atoms with E-state index in [4.69, 9.17) is 0 Å². The molecule has 22 heteroatoms. The molecule has 0 aromatic carbocycles. The van der Waals surface area contributed by atoms with Crippen molar-refractivity contribution in [1.82, 2.24) is 0 Å². The zero-order valence-electron chi connectivity index (χ0n) is 16.4. The van der Waals surface area contributed by atoms with Crippen LogP contribution in [-0.4, -0.2) is 54.8 Å². The molecule has 0 N–H and O–H groups in total. The first kappa shape index (κ1) is 32.3. The van der Waals surface area contributed by atoms with E-state index < -0.39 is 67.1 Å². The predicted molar refractivity (Wildman–Crippen MR) is 71.8 cm³/mol. The molecule has 0 spiro atoms. The minimum absolute atomic E-state index is 0.356. The van der Waals surface area contributed by atoms with E-state index in [2.05, 4.69) is 4.74 Å². The van der Waals surface area contributed by atoms with Crippen molar-refractivity contribution in [3.8, 4) is 0 Å². The molecule has 4 nitrogen and oxygen atoms in total. The van der Waals surface area contributed by atoms with Crippen LogP contribution in [-0.2, 0) is 18.9 Å². The highest BCUT2D eigenvalue weighted by Gasteiger charge is 2.80. The van der Waals surface area contributed by atoms with E-state index in [9.17, 15) is 79.0 Å². The number of hydrogen-bond acceptors (Lipinski definition) is 4. The van der Waals surface area contributed by atoms with E-state index in [0.29, 0.717) is 6.08 Å². The van der Waals surface area contributed by atoms with E-state index in [1.54, 1.807) is 4.74 Å². The van der Waals surface area contributed by atoms with Crippen LogP contribution >= 0.6 is 0 Å². The van der Waals surface area contributed by atoms with Gasteiger partial charge in [-0.3, -0.25) is 4.74 Å². The highest BCUT2D eigenvalue weighted by molar-refractivity contribution is 5.12. The molecule has 1 saturated carbocycles. The maximum Gasteiger partial charge on any atom is 0.527 e. The van der Waals surface area contributed by atoms with Crippen LogP contribution in [0.25, 0.3) is 0 Å². The van der Waals surface area contributed by atoms with Crippen LogP contribution < -0.4 is 0 Å². The lowest BCUT2D eigenvalue weighted by Crippen LogP contribution is -2.67. The average molecular weight is 582 g/mol. The monoisotopic (exact) mass is 582 g/mol. The molecule has 0 heterocycles. The molecule has 2 atom stereocenters. The fourth-order valence-corrected chi connectivity index (χ4v) is 2.27. The van der Waals surface area contributed by atoms with Crippen LogP contribution in [0.2, 0.25) is 0 Å². The Hall–Kier alpha value is -1.68. The molecule has 214 valence electrons. The van der Waals surface area contributed by atoms with Crippen LogP contribution in [0.5, 0.6) is 0 Å². The van der Waals surface area contributed by atoms with Gasteiger partial charge in [0.1, 0.15) is 0 Å². The molecule has 0 aliphatic heterocycles. The molecule has 0 saturated heterocycles. The van der Waals surface area contributed by atoms with Crippen molar-refractivity contribution in [2.24, 2.45) is 5.92 Å². The van der Waals surface area contributed by atoms with Crippen molar-refractivity contribution in [3.63, 3.8) is 0 Å². The summed E-state index contributed by atoms with van der Waals surface area (Å²) >= 11 is 0. The Morgan fingerprint density at radius 3 is 1.22 bits per heavy atom. The number of halogens is 18. The van der Waals surface area contributed by atoms with Crippen LogP contribution in [0.4, 0.5) is 79.0 Å². The second-order valence-electron chi connectivity index (χ2n) is 6.64. The van der Waals surface area contributed by atoms with Crippen LogP contribution in [0, 0.1) is 5.92 Å². The second kappa shape index (κ2) is 8.96. The number of ether oxygens (including phenoxy) is 4. The largest absolute Gasteiger partial charge is 0.527 e. The van der Waals surface area contributed by atoms with Crippen molar-refractivity contribution in [1.29, 1.82) is 0 Å². The van der Waals surface area contributed by atoms with Crippen LogP contribution in [0.15, 0.2) is 12.2 Å². The van der Waals surface area contributed by atoms with Gasteiger partial charge in [0, 0.05) is 12.3 Å². The summed E-state index contributed by atoms with van der Waals surface area (Å²) < 4.78 is 241. The minimum Gasteiger partial charge on any atom is -0.269 e. The zero-order chi connectivity index (χ0) is 29.0. The number of hydrogen-bond donors (Lipinski definition) is 0. The molecular formula is C14H8F18O4. The molecule has 0 amide bonds. The second-order valence-corrected chi connectivity index (χ2v) is 6.64. The van der Waals surface area contributed by atoms with Gasteiger partial charge in [-0.15, -0.1) is 13.2 Å². The summed E-state index contributed by atoms with van der Waals surface area (Å²) in [5, 5.41) is 0. The highest BCUT2D eigenvalue weighted by Crippen LogP contribution is 2.59. The molecule has 0 radical (unpaired) electrons. The van der Waals surface area contributed by atoms with Gasteiger partial charge in [0.15, 0.2) is 0 Å². The third-order valence-corrected chi connectivity index (χ3v) is 3.93. The van der Waals surface area contributed by atoms with E-state index in [1.807, 2.05) is 0 Å². The van der Waals surface area contributed by atoms with Crippen LogP contribution in [0.3, 0.4) is 0 Å². The van der Waals surface area contributed by atoms with Gasteiger partial charge in [0.2, 0.25) is 0 Å². The molecule has 0 unspecified atom stereocenters. The first-order chi connectivity index (χ1) is 15.5. The molecule has 1 rings (SSSR count). The van der Waals surface area contributed by atoms with Crippen molar-refractivity contribution in [2.45, 2.75) is 68.1 Å². The Morgan fingerprint density at radius 2 is 0.917 bits per heavy atom. The molecule has 1 aliphatic carbocycles. The van der Waals surface area contributed by atoms with Crippen molar-refractivity contribution in [2.75, 3.05) is 0 Å². The topological polar surface area (TPSA) is 36.9 Å². The average Bonchev–Trinajstić information content (AvgIpc) is 2.56. The van der Waals surface area contributed by atoms with Gasteiger partial charge in [-0.1, -0.05) is 12.2 Å². The lowest BCUT2D eigenvalue weighted by atomic mass is 9.75. The number of alkyl halides is 18. The standard InChI is InChI=1S/C14H8F18O4/c1-2-3-5-4-6(15,16)7(5,17)33-8(18,19)9(20,21)34-10(22,23)11(24,25)35-12(26,27)13(28,29)36-14(30,31)32/h2-3,5H,4H2,1H3/b3-2+/t5-,7-/m0/s1. The minimum atomic E-state index is -7.60. The molecule has 0 aromatic rings. The van der Waals surface area contributed by atoms with E-state index in [-0.39, 0.29) is 0 Å². The van der Waals surface area contributed by atoms with E-state index in [0.717, 1.165) is 13.0 Å². The third-order valence-electron chi connectivity index (χ3n) is 3.93. The Labute approximate surface area is 185 Å². The van der Waals surface area contributed by atoms with Crippen molar-refractivity contribution >= 4 is 0 Å². The summed E-state index contributed by atoms with van der Waals surface area (Å²) in [7, 11) is 0. The Kier molecular flexibility index (Phi) is 8.05. The summed E-state index contributed by atoms with van der Waals surface area (Å²) in [6, 6.07) is 0. The quantitative estimate of drug-likeness (QED) is 0.194. The number of allylic oxidation sites excluding steroid dienone is 1. The van der Waals surface area contributed by atoms with Gasteiger partial charge in [-0.2, -0.15) is 52.7 Å².